The Hall–Kier alpha value is -3.58. The van der Waals surface area contributed by atoms with Gasteiger partial charge in [0.15, 0.2) is 16.3 Å². The van der Waals surface area contributed by atoms with E-state index in [0.29, 0.717) is 22.8 Å². The molecular formula is C25H23N3O3S. The van der Waals surface area contributed by atoms with Crippen LogP contribution in [0.1, 0.15) is 28.4 Å². The summed E-state index contributed by atoms with van der Waals surface area (Å²) in [5.41, 5.74) is 3.28. The third-order valence-corrected chi connectivity index (χ3v) is 6.11. The maximum absolute atomic E-state index is 6.15. The first-order valence-corrected chi connectivity index (χ1v) is 10.8. The molecule has 5 rings (SSSR count). The predicted molar refractivity (Wildman–Crippen MR) is 125 cm³/mol. The van der Waals surface area contributed by atoms with Crippen molar-refractivity contribution in [3.63, 3.8) is 0 Å². The summed E-state index contributed by atoms with van der Waals surface area (Å²) in [6, 6.07) is 22.2. The number of fused-ring (bicyclic) bond motifs is 2. The van der Waals surface area contributed by atoms with Gasteiger partial charge in [0.05, 0.1) is 20.1 Å². The van der Waals surface area contributed by atoms with E-state index in [-0.39, 0.29) is 5.92 Å². The molecular weight excluding hydrogens is 422 g/mol. The molecule has 1 aromatic heterocycles. The predicted octanol–water partition coefficient (Wildman–Crippen LogP) is 5.49. The average Bonchev–Trinajstić information content (AvgIpc) is 3.20. The highest BCUT2D eigenvalue weighted by Crippen LogP contribution is 2.46. The third-order valence-electron chi connectivity index (χ3n) is 5.80. The number of aromatic nitrogens is 3. The molecule has 6 nitrogen and oxygen atoms in total. The standard InChI is InChI=1S/C25H23N3O3S/c1-29-21-12-11-16(15-22(21)30-2)13-14-28-24(26-27-25(28)32)23-17-7-3-5-9-19(17)31-20-10-6-4-8-18(20)23/h3-12,15,23H,13-14H2,1-2H3,(H,27,32). The molecule has 0 saturated heterocycles. The number of methoxy groups -OCH3 is 2. The molecule has 2 heterocycles. The minimum Gasteiger partial charge on any atom is -0.493 e. The van der Waals surface area contributed by atoms with Crippen molar-refractivity contribution < 1.29 is 14.2 Å². The van der Waals surface area contributed by atoms with Crippen LogP contribution < -0.4 is 14.2 Å². The Balaban J connectivity index is 1.52. The van der Waals surface area contributed by atoms with Gasteiger partial charge in [0.25, 0.3) is 0 Å². The van der Waals surface area contributed by atoms with Crippen molar-refractivity contribution in [2.24, 2.45) is 0 Å². The van der Waals surface area contributed by atoms with Crippen molar-refractivity contribution >= 4 is 12.2 Å². The van der Waals surface area contributed by atoms with Crippen LogP contribution in [0.4, 0.5) is 0 Å². The monoisotopic (exact) mass is 445 g/mol. The van der Waals surface area contributed by atoms with Crippen molar-refractivity contribution in [2.45, 2.75) is 18.9 Å². The fourth-order valence-electron chi connectivity index (χ4n) is 4.23. The van der Waals surface area contributed by atoms with E-state index in [4.69, 9.17) is 26.4 Å². The van der Waals surface area contributed by atoms with Gasteiger partial charge in [-0.05, 0) is 48.5 Å². The van der Waals surface area contributed by atoms with Crippen molar-refractivity contribution in [1.82, 2.24) is 14.8 Å². The molecule has 0 fully saturated rings. The van der Waals surface area contributed by atoms with Crippen LogP contribution in [0, 0.1) is 4.77 Å². The Bertz CT molecular complexity index is 1280. The van der Waals surface area contributed by atoms with Crippen molar-refractivity contribution in [1.29, 1.82) is 0 Å². The van der Waals surface area contributed by atoms with Crippen LogP contribution >= 0.6 is 12.2 Å². The molecule has 1 aliphatic heterocycles. The normalized spacial score (nSPS) is 12.6. The fourth-order valence-corrected chi connectivity index (χ4v) is 4.46. The van der Waals surface area contributed by atoms with Gasteiger partial charge in [-0.3, -0.25) is 5.10 Å². The van der Waals surface area contributed by atoms with E-state index in [9.17, 15) is 0 Å². The smallest absolute Gasteiger partial charge is 0.195 e. The molecule has 0 bridgehead atoms. The molecule has 0 amide bonds. The van der Waals surface area contributed by atoms with Crippen molar-refractivity contribution in [3.8, 4) is 23.0 Å². The van der Waals surface area contributed by atoms with E-state index in [1.807, 2.05) is 54.6 Å². The second-order valence-corrected chi connectivity index (χ2v) is 7.98. The molecule has 1 N–H and O–H groups in total. The molecule has 0 unspecified atom stereocenters. The van der Waals surface area contributed by atoms with Gasteiger partial charge >= 0.3 is 0 Å². The molecule has 0 atom stereocenters. The highest BCUT2D eigenvalue weighted by atomic mass is 32.1. The quantitative estimate of drug-likeness (QED) is 0.350. The molecule has 0 aliphatic carbocycles. The second kappa shape index (κ2) is 8.51. The Morgan fingerprint density at radius 3 is 2.25 bits per heavy atom. The summed E-state index contributed by atoms with van der Waals surface area (Å²) in [6.07, 6.45) is 0.772. The van der Waals surface area contributed by atoms with E-state index in [1.54, 1.807) is 14.2 Å². The lowest BCUT2D eigenvalue weighted by atomic mass is 9.87. The largest absolute Gasteiger partial charge is 0.493 e. The Labute approximate surface area is 191 Å². The molecule has 3 aromatic carbocycles. The zero-order valence-electron chi connectivity index (χ0n) is 17.9. The van der Waals surface area contributed by atoms with E-state index in [1.165, 1.54) is 0 Å². The topological polar surface area (TPSA) is 61.3 Å². The maximum Gasteiger partial charge on any atom is 0.195 e. The lowest BCUT2D eigenvalue weighted by Crippen LogP contribution is -2.17. The first kappa shape index (κ1) is 20.3. The van der Waals surface area contributed by atoms with Crippen LogP contribution in [0.15, 0.2) is 66.7 Å². The number of aryl methyl sites for hydroxylation is 1. The highest BCUT2D eigenvalue weighted by Gasteiger charge is 2.31. The molecule has 32 heavy (non-hydrogen) atoms. The van der Waals surface area contributed by atoms with Gasteiger partial charge < -0.3 is 18.8 Å². The van der Waals surface area contributed by atoms with E-state index in [0.717, 1.165) is 40.4 Å². The van der Waals surface area contributed by atoms with Crippen LogP contribution in [0.5, 0.6) is 23.0 Å². The zero-order valence-corrected chi connectivity index (χ0v) is 18.7. The number of rotatable bonds is 6. The number of nitrogens with zero attached hydrogens (tertiary/aromatic N) is 2. The molecule has 0 saturated carbocycles. The number of ether oxygens (including phenoxy) is 3. The lowest BCUT2D eigenvalue weighted by molar-refractivity contribution is 0.354. The molecule has 162 valence electrons. The van der Waals surface area contributed by atoms with E-state index >= 15 is 0 Å². The molecule has 4 aromatic rings. The van der Waals surface area contributed by atoms with Gasteiger partial charge in [0.2, 0.25) is 0 Å². The fraction of sp³-hybridized carbons (Fsp3) is 0.200. The Morgan fingerprint density at radius 1 is 0.938 bits per heavy atom. The maximum atomic E-state index is 6.15. The first-order chi connectivity index (χ1) is 15.7. The zero-order chi connectivity index (χ0) is 22.1. The first-order valence-electron chi connectivity index (χ1n) is 10.4. The number of hydrogen-bond acceptors (Lipinski definition) is 5. The summed E-state index contributed by atoms with van der Waals surface area (Å²) in [7, 11) is 3.28. The van der Waals surface area contributed by atoms with Gasteiger partial charge in [0, 0.05) is 17.7 Å². The summed E-state index contributed by atoms with van der Waals surface area (Å²) in [5.74, 6) is 3.92. The summed E-state index contributed by atoms with van der Waals surface area (Å²) in [5, 5.41) is 7.66. The van der Waals surface area contributed by atoms with E-state index in [2.05, 4.69) is 26.9 Å². The number of nitrogens with one attached hydrogen (secondary N) is 1. The van der Waals surface area contributed by atoms with Crippen molar-refractivity contribution in [3.05, 3.63) is 94.0 Å². The van der Waals surface area contributed by atoms with Crippen LogP contribution in [-0.2, 0) is 13.0 Å². The summed E-state index contributed by atoms with van der Waals surface area (Å²) >= 11 is 5.61. The Kier molecular flexibility index (Phi) is 5.41. The minimum atomic E-state index is -0.0745. The number of H-pyrrole nitrogens is 1. The molecule has 0 radical (unpaired) electrons. The summed E-state index contributed by atoms with van der Waals surface area (Å²) in [6.45, 7) is 0.682. The van der Waals surface area contributed by atoms with Crippen molar-refractivity contribution in [2.75, 3.05) is 14.2 Å². The highest BCUT2D eigenvalue weighted by molar-refractivity contribution is 7.71. The molecule has 0 spiro atoms. The number of benzene rings is 3. The lowest BCUT2D eigenvalue weighted by Gasteiger charge is -2.28. The number of hydrogen-bond donors (Lipinski definition) is 1. The van der Waals surface area contributed by atoms with Gasteiger partial charge in [-0.25, -0.2) is 0 Å². The molecule has 1 aliphatic rings. The van der Waals surface area contributed by atoms with Gasteiger partial charge in [-0.2, -0.15) is 5.10 Å². The van der Waals surface area contributed by atoms with Crippen LogP contribution in [0.3, 0.4) is 0 Å². The van der Waals surface area contributed by atoms with Crippen LogP contribution in [-0.4, -0.2) is 29.0 Å². The number of aromatic amines is 1. The van der Waals surface area contributed by atoms with Gasteiger partial charge in [-0.15, -0.1) is 0 Å². The van der Waals surface area contributed by atoms with Crippen LogP contribution in [0.2, 0.25) is 0 Å². The van der Waals surface area contributed by atoms with Gasteiger partial charge in [-0.1, -0.05) is 42.5 Å². The van der Waals surface area contributed by atoms with Gasteiger partial charge in [0.1, 0.15) is 17.3 Å². The third kappa shape index (κ3) is 3.54. The summed E-state index contributed by atoms with van der Waals surface area (Å²) < 4.78 is 19.6. The minimum absolute atomic E-state index is 0.0745. The summed E-state index contributed by atoms with van der Waals surface area (Å²) in [4.78, 5) is 0. The van der Waals surface area contributed by atoms with E-state index < -0.39 is 0 Å². The second-order valence-electron chi connectivity index (χ2n) is 7.59. The Morgan fingerprint density at radius 2 is 1.59 bits per heavy atom. The number of para-hydroxylation sites is 2. The molecule has 7 heteroatoms. The van der Waals surface area contributed by atoms with Crippen LogP contribution in [0.25, 0.3) is 0 Å². The SMILES string of the molecule is COc1ccc(CCn2c(C3c4ccccc4Oc4ccccc43)n[nH]c2=S)cc1OC. The average molecular weight is 446 g/mol.